The quantitative estimate of drug-likeness (QED) is 0.533. The number of hydrogen-bond acceptors (Lipinski definition) is 1. The van der Waals surface area contributed by atoms with Gasteiger partial charge in [-0.2, -0.15) is 0 Å². The maximum Gasteiger partial charge on any atom is 0.167 e. The minimum atomic E-state index is -0.0185. The summed E-state index contributed by atoms with van der Waals surface area (Å²) in [5, 5.41) is 0. The van der Waals surface area contributed by atoms with Crippen LogP contribution in [0.1, 0.15) is 16.8 Å². The SMILES string of the molecule is C#C/C=C(\C#C)CC(=O)c1ccccc1. The third-order valence-corrected chi connectivity index (χ3v) is 1.89. The van der Waals surface area contributed by atoms with Crippen molar-refractivity contribution in [1.29, 1.82) is 0 Å². The molecule has 1 aromatic carbocycles. The molecular formula is C14H10O. The highest BCUT2D eigenvalue weighted by Gasteiger charge is 2.06. The van der Waals surface area contributed by atoms with Crippen LogP contribution in [0.2, 0.25) is 0 Å². The van der Waals surface area contributed by atoms with Crippen LogP contribution in [0.3, 0.4) is 0 Å². The molecule has 0 amide bonds. The van der Waals surface area contributed by atoms with Gasteiger partial charge in [-0.05, 0) is 6.08 Å². The zero-order valence-electron chi connectivity index (χ0n) is 8.23. The van der Waals surface area contributed by atoms with Crippen molar-refractivity contribution in [1.82, 2.24) is 0 Å². The summed E-state index contributed by atoms with van der Waals surface area (Å²) in [4.78, 5) is 11.7. The van der Waals surface area contributed by atoms with Crippen molar-refractivity contribution < 1.29 is 4.79 Å². The molecule has 0 aliphatic carbocycles. The van der Waals surface area contributed by atoms with Crippen LogP contribution in [-0.2, 0) is 0 Å². The number of benzene rings is 1. The maximum absolute atomic E-state index is 11.7. The van der Waals surface area contributed by atoms with Gasteiger partial charge in [-0.1, -0.05) is 42.2 Å². The van der Waals surface area contributed by atoms with Gasteiger partial charge in [-0.3, -0.25) is 4.79 Å². The summed E-state index contributed by atoms with van der Waals surface area (Å²) < 4.78 is 0. The van der Waals surface area contributed by atoms with Gasteiger partial charge in [0.1, 0.15) is 0 Å². The minimum absolute atomic E-state index is 0.0185. The van der Waals surface area contributed by atoms with Crippen LogP contribution in [0.25, 0.3) is 0 Å². The van der Waals surface area contributed by atoms with E-state index in [2.05, 4.69) is 11.8 Å². The fourth-order valence-electron chi connectivity index (χ4n) is 1.14. The molecule has 0 unspecified atom stereocenters. The molecule has 15 heavy (non-hydrogen) atoms. The van der Waals surface area contributed by atoms with Crippen LogP contribution < -0.4 is 0 Å². The third kappa shape index (κ3) is 3.18. The smallest absolute Gasteiger partial charge is 0.167 e. The molecule has 0 N–H and O–H groups in total. The van der Waals surface area contributed by atoms with Gasteiger partial charge in [0.15, 0.2) is 5.78 Å². The van der Waals surface area contributed by atoms with Gasteiger partial charge in [0.25, 0.3) is 0 Å². The Kier molecular flexibility index (Phi) is 3.95. The molecule has 0 aromatic heterocycles. The predicted molar refractivity (Wildman–Crippen MR) is 61.1 cm³/mol. The topological polar surface area (TPSA) is 17.1 Å². The number of Topliss-reactive ketones (excluding diaryl/α,β-unsaturated/α-hetero) is 1. The second-order valence-corrected chi connectivity index (χ2v) is 2.95. The first-order valence-corrected chi connectivity index (χ1v) is 4.48. The number of ketones is 1. The third-order valence-electron chi connectivity index (χ3n) is 1.89. The van der Waals surface area contributed by atoms with Crippen molar-refractivity contribution in [2.75, 3.05) is 0 Å². The van der Waals surface area contributed by atoms with E-state index < -0.39 is 0 Å². The number of rotatable bonds is 3. The molecule has 0 aliphatic rings. The highest BCUT2D eigenvalue weighted by Crippen LogP contribution is 2.08. The molecular weight excluding hydrogens is 184 g/mol. The number of hydrogen-bond donors (Lipinski definition) is 0. The number of terminal acetylenes is 2. The average Bonchev–Trinajstić information content (AvgIpc) is 2.29. The lowest BCUT2D eigenvalue weighted by Gasteiger charge is -1.99. The lowest BCUT2D eigenvalue weighted by atomic mass is 10.0. The molecule has 1 heteroatoms. The first-order chi connectivity index (χ1) is 7.27. The van der Waals surface area contributed by atoms with Gasteiger partial charge < -0.3 is 0 Å². The van der Waals surface area contributed by atoms with Crippen LogP contribution >= 0.6 is 0 Å². The highest BCUT2D eigenvalue weighted by atomic mass is 16.1. The van der Waals surface area contributed by atoms with Crippen LogP contribution in [0, 0.1) is 24.7 Å². The Morgan fingerprint density at radius 2 is 1.93 bits per heavy atom. The molecule has 1 nitrogen and oxygen atoms in total. The van der Waals surface area contributed by atoms with E-state index >= 15 is 0 Å². The molecule has 0 radical (unpaired) electrons. The number of allylic oxidation sites excluding steroid dienone is 2. The standard InChI is InChI=1S/C14H10O/c1-3-8-12(4-2)11-14(15)13-9-6-5-7-10-13/h1-2,5-10H,11H2/b12-8+. The van der Waals surface area contributed by atoms with Crippen LogP contribution in [0.5, 0.6) is 0 Å². The second-order valence-electron chi connectivity index (χ2n) is 2.95. The zero-order valence-corrected chi connectivity index (χ0v) is 8.23. The maximum atomic E-state index is 11.7. The number of carbonyl (C=O) groups excluding carboxylic acids is 1. The molecule has 0 atom stereocenters. The molecule has 1 aromatic rings. The molecule has 72 valence electrons. The minimum Gasteiger partial charge on any atom is -0.294 e. The van der Waals surface area contributed by atoms with Crippen molar-refractivity contribution in [3.63, 3.8) is 0 Å². The molecule has 0 saturated heterocycles. The molecule has 0 bridgehead atoms. The average molecular weight is 194 g/mol. The Labute approximate surface area is 89.8 Å². The monoisotopic (exact) mass is 194 g/mol. The van der Waals surface area contributed by atoms with Gasteiger partial charge in [0.05, 0.1) is 0 Å². The molecule has 0 aliphatic heterocycles. The van der Waals surface area contributed by atoms with E-state index in [1.807, 2.05) is 18.2 Å². The Morgan fingerprint density at radius 1 is 1.27 bits per heavy atom. The van der Waals surface area contributed by atoms with Crippen molar-refractivity contribution in [3.8, 4) is 24.7 Å². The molecule has 0 spiro atoms. The summed E-state index contributed by atoms with van der Waals surface area (Å²) in [6, 6.07) is 9.00. The van der Waals surface area contributed by atoms with Gasteiger partial charge in [-0.15, -0.1) is 12.8 Å². The highest BCUT2D eigenvalue weighted by molar-refractivity contribution is 5.98. The van der Waals surface area contributed by atoms with E-state index in [0.29, 0.717) is 11.1 Å². The van der Waals surface area contributed by atoms with Crippen LogP contribution in [0.15, 0.2) is 42.0 Å². The van der Waals surface area contributed by atoms with Gasteiger partial charge in [0.2, 0.25) is 0 Å². The molecule has 0 saturated carbocycles. The Bertz CT molecular complexity index is 452. The van der Waals surface area contributed by atoms with Crippen molar-refractivity contribution in [2.45, 2.75) is 6.42 Å². The lowest BCUT2D eigenvalue weighted by Crippen LogP contribution is -1.99. The fraction of sp³-hybridized carbons (Fsp3) is 0.0714. The lowest BCUT2D eigenvalue weighted by molar-refractivity contribution is 0.0994. The van der Waals surface area contributed by atoms with Crippen molar-refractivity contribution in [2.24, 2.45) is 0 Å². The summed E-state index contributed by atoms with van der Waals surface area (Å²) in [5.74, 6) is 4.70. The summed E-state index contributed by atoms with van der Waals surface area (Å²) in [7, 11) is 0. The normalized spacial score (nSPS) is 10.1. The van der Waals surface area contributed by atoms with E-state index in [0.717, 1.165) is 0 Å². The Hall–Kier alpha value is -2.25. The Balaban J connectivity index is 2.78. The summed E-state index contributed by atoms with van der Waals surface area (Å²) in [5.41, 5.74) is 1.18. The fourth-order valence-corrected chi connectivity index (χ4v) is 1.14. The predicted octanol–water partition coefficient (Wildman–Crippen LogP) is 2.45. The van der Waals surface area contributed by atoms with Gasteiger partial charge in [-0.25, -0.2) is 0 Å². The first-order valence-electron chi connectivity index (χ1n) is 4.48. The summed E-state index contributed by atoms with van der Waals surface area (Å²) in [6.07, 6.45) is 11.9. The Morgan fingerprint density at radius 3 is 2.47 bits per heavy atom. The van der Waals surface area contributed by atoms with Gasteiger partial charge >= 0.3 is 0 Å². The van der Waals surface area contributed by atoms with E-state index in [4.69, 9.17) is 12.8 Å². The largest absolute Gasteiger partial charge is 0.294 e. The summed E-state index contributed by atoms with van der Waals surface area (Å²) in [6.45, 7) is 0. The van der Waals surface area contributed by atoms with Crippen molar-refractivity contribution in [3.05, 3.63) is 47.5 Å². The van der Waals surface area contributed by atoms with E-state index in [-0.39, 0.29) is 12.2 Å². The zero-order chi connectivity index (χ0) is 11.1. The molecule has 0 fully saturated rings. The van der Waals surface area contributed by atoms with E-state index in [1.54, 1.807) is 12.1 Å². The van der Waals surface area contributed by atoms with E-state index in [9.17, 15) is 4.79 Å². The molecule has 1 rings (SSSR count). The van der Waals surface area contributed by atoms with Gasteiger partial charge in [0, 0.05) is 17.6 Å². The number of carbonyl (C=O) groups is 1. The van der Waals surface area contributed by atoms with Crippen LogP contribution in [0.4, 0.5) is 0 Å². The summed E-state index contributed by atoms with van der Waals surface area (Å²) >= 11 is 0. The molecule has 0 heterocycles. The second kappa shape index (κ2) is 5.47. The van der Waals surface area contributed by atoms with Crippen LogP contribution in [-0.4, -0.2) is 5.78 Å². The van der Waals surface area contributed by atoms with E-state index in [1.165, 1.54) is 6.08 Å². The first kappa shape index (κ1) is 10.8. The van der Waals surface area contributed by atoms with Crippen molar-refractivity contribution >= 4 is 5.78 Å².